The monoisotopic (exact) mass is 369 g/mol. The molecule has 2 rings (SSSR count). The molecule has 138 valence electrons. The first-order valence-corrected chi connectivity index (χ1v) is 7.61. The summed E-state index contributed by atoms with van der Waals surface area (Å²) in [7, 11) is 0. The van der Waals surface area contributed by atoms with Crippen molar-refractivity contribution in [2.45, 2.75) is 26.9 Å². The van der Waals surface area contributed by atoms with E-state index in [1.165, 1.54) is 12.2 Å². The highest BCUT2D eigenvalue weighted by molar-refractivity contribution is 6.21. The molecule has 0 aromatic heterocycles. The van der Waals surface area contributed by atoms with Crippen LogP contribution in [-0.4, -0.2) is 17.5 Å². The average Bonchev–Trinajstić information content (AvgIpc) is 2.52. The number of allylic oxidation sites excluding steroid dienone is 4. The highest BCUT2D eigenvalue weighted by Gasteiger charge is 2.36. The van der Waals surface area contributed by atoms with Crippen molar-refractivity contribution in [3.63, 3.8) is 0 Å². The van der Waals surface area contributed by atoms with E-state index in [0.29, 0.717) is 29.3 Å². The lowest BCUT2D eigenvalue weighted by atomic mass is 9.90. The molecule has 0 radical (unpaired) electrons. The van der Waals surface area contributed by atoms with Crippen molar-refractivity contribution < 1.29 is 32.0 Å². The van der Waals surface area contributed by atoms with Gasteiger partial charge >= 0.3 is 12.1 Å². The molecule has 0 saturated heterocycles. The summed E-state index contributed by atoms with van der Waals surface area (Å²) >= 11 is 0. The van der Waals surface area contributed by atoms with E-state index in [9.17, 15) is 27.2 Å². The first kappa shape index (κ1) is 19.6. The summed E-state index contributed by atoms with van der Waals surface area (Å²) in [6.07, 6.45) is -2.15. The Kier molecular flexibility index (Phi) is 5.44. The summed E-state index contributed by atoms with van der Waals surface area (Å²) in [5, 5.41) is 3.54. The first-order valence-electron chi connectivity index (χ1n) is 7.61. The molecule has 0 heterocycles. The van der Waals surface area contributed by atoms with E-state index in [2.05, 4.69) is 9.99 Å². The summed E-state index contributed by atoms with van der Waals surface area (Å²) in [5.74, 6) is -2.80. The fourth-order valence-electron chi connectivity index (χ4n) is 2.31. The number of rotatable bonds is 3. The van der Waals surface area contributed by atoms with Gasteiger partial charge in [-0.05, 0) is 48.8 Å². The summed E-state index contributed by atoms with van der Waals surface area (Å²) in [5.41, 5.74) is -1.36. The fourth-order valence-corrected chi connectivity index (χ4v) is 2.31. The molecule has 1 aromatic carbocycles. The number of hydrogen-bond acceptors (Lipinski definition) is 4. The quantitative estimate of drug-likeness (QED) is 0.342. The Morgan fingerprint density at radius 1 is 1.19 bits per heavy atom. The second-order valence-electron chi connectivity index (χ2n) is 5.99. The Bertz CT molecular complexity index is 848. The second-order valence-corrected chi connectivity index (χ2v) is 5.99. The number of hydrogen-bond donors (Lipinski definition) is 0. The molecular formula is C18H15F4NO3. The van der Waals surface area contributed by atoms with Crippen LogP contribution in [0.15, 0.2) is 46.7 Å². The van der Waals surface area contributed by atoms with Gasteiger partial charge in [-0.25, -0.2) is 9.18 Å². The number of carbonyl (C=O) groups excluding carboxylic acids is 2. The minimum absolute atomic E-state index is 0.118. The van der Waals surface area contributed by atoms with Gasteiger partial charge in [0.2, 0.25) is 0 Å². The van der Waals surface area contributed by atoms with E-state index in [1.54, 1.807) is 20.8 Å². The Morgan fingerprint density at radius 2 is 1.85 bits per heavy atom. The van der Waals surface area contributed by atoms with Gasteiger partial charge in [0, 0.05) is 5.57 Å². The van der Waals surface area contributed by atoms with E-state index in [4.69, 9.17) is 0 Å². The topological polar surface area (TPSA) is 55.7 Å². The van der Waals surface area contributed by atoms with Gasteiger partial charge in [-0.2, -0.15) is 13.2 Å². The maximum atomic E-state index is 13.3. The number of alkyl halides is 3. The summed E-state index contributed by atoms with van der Waals surface area (Å²) in [6, 6.07) is 1.50. The largest absolute Gasteiger partial charge is 0.417 e. The molecule has 26 heavy (non-hydrogen) atoms. The normalized spacial score (nSPS) is 16.6. The average molecular weight is 369 g/mol. The molecule has 1 aromatic rings. The lowest BCUT2D eigenvalue weighted by Gasteiger charge is -2.15. The molecule has 4 nitrogen and oxygen atoms in total. The van der Waals surface area contributed by atoms with Gasteiger partial charge < -0.3 is 4.84 Å². The van der Waals surface area contributed by atoms with E-state index >= 15 is 0 Å². The highest BCUT2D eigenvalue weighted by Crippen LogP contribution is 2.32. The van der Waals surface area contributed by atoms with Crippen molar-refractivity contribution in [2.24, 2.45) is 11.1 Å². The van der Waals surface area contributed by atoms with Crippen LogP contribution in [0, 0.1) is 11.7 Å². The molecule has 0 saturated carbocycles. The van der Waals surface area contributed by atoms with Crippen molar-refractivity contribution in [2.75, 3.05) is 0 Å². The van der Waals surface area contributed by atoms with Crippen LogP contribution < -0.4 is 0 Å². The summed E-state index contributed by atoms with van der Waals surface area (Å²) < 4.78 is 52.1. The third kappa shape index (κ3) is 4.25. The molecule has 0 atom stereocenters. The molecule has 0 aliphatic heterocycles. The minimum Gasteiger partial charge on any atom is -0.312 e. The van der Waals surface area contributed by atoms with Crippen LogP contribution >= 0.6 is 0 Å². The van der Waals surface area contributed by atoms with Crippen molar-refractivity contribution >= 4 is 17.5 Å². The smallest absolute Gasteiger partial charge is 0.312 e. The van der Waals surface area contributed by atoms with Gasteiger partial charge in [0.15, 0.2) is 5.78 Å². The lowest BCUT2D eigenvalue weighted by molar-refractivity contribution is -0.138. The van der Waals surface area contributed by atoms with Crippen molar-refractivity contribution in [1.82, 2.24) is 0 Å². The number of nitrogens with zero attached hydrogens (tertiary/aromatic N) is 1. The molecule has 0 fully saturated rings. The summed E-state index contributed by atoms with van der Waals surface area (Å²) in [4.78, 5) is 28.4. The van der Waals surface area contributed by atoms with Crippen molar-refractivity contribution in [1.29, 1.82) is 0 Å². The summed E-state index contributed by atoms with van der Waals surface area (Å²) in [6.45, 7) is 5.11. The molecule has 1 aliphatic rings. The zero-order chi connectivity index (χ0) is 19.6. The maximum Gasteiger partial charge on any atom is 0.417 e. The van der Waals surface area contributed by atoms with Crippen molar-refractivity contribution in [3.8, 4) is 0 Å². The highest BCUT2D eigenvalue weighted by atomic mass is 19.4. The predicted octanol–water partition coefficient (Wildman–Crippen LogP) is 4.47. The predicted molar refractivity (Wildman–Crippen MR) is 85.9 cm³/mol. The van der Waals surface area contributed by atoms with Crippen LogP contribution in [0.4, 0.5) is 17.6 Å². The van der Waals surface area contributed by atoms with Crippen LogP contribution in [0.5, 0.6) is 0 Å². The molecule has 0 amide bonds. The number of oxime groups is 1. The van der Waals surface area contributed by atoms with Crippen LogP contribution in [0.3, 0.4) is 0 Å². The van der Waals surface area contributed by atoms with Gasteiger partial charge in [-0.1, -0.05) is 19.0 Å². The number of halogens is 4. The van der Waals surface area contributed by atoms with Gasteiger partial charge in [0.05, 0.1) is 11.1 Å². The zero-order valence-corrected chi connectivity index (χ0v) is 14.1. The molecule has 0 bridgehead atoms. The van der Waals surface area contributed by atoms with Gasteiger partial charge in [-0.15, -0.1) is 0 Å². The number of benzene rings is 1. The maximum absolute atomic E-state index is 13.3. The van der Waals surface area contributed by atoms with Crippen LogP contribution in [0.25, 0.3) is 0 Å². The number of carbonyl (C=O) groups is 2. The van der Waals surface area contributed by atoms with Crippen LogP contribution in [0.1, 0.15) is 36.7 Å². The Labute approximate surface area is 146 Å². The molecule has 0 N–H and O–H groups in total. The van der Waals surface area contributed by atoms with Gasteiger partial charge in [0.25, 0.3) is 0 Å². The van der Waals surface area contributed by atoms with Gasteiger partial charge in [0.1, 0.15) is 11.5 Å². The molecular weight excluding hydrogens is 354 g/mol. The Morgan fingerprint density at radius 3 is 2.42 bits per heavy atom. The number of ketones is 1. The van der Waals surface area contributed by atoms with Crippen molar-refractivity contribution in [3.05, 3.63) is 58.4 Å². The molecule has 1 aliphatic carbocycles. The second kappa shape index (κ2) is 7.23. The zero-order valence-electron chi connectivity index (χ0n) is 14.1. The van der Waals surface area contributed by atoms with Crippen LogP contribution in [-0.2, 0) is 15.8 Å². The van der Waals surface area contributed by atoms with E-state index in [1.807, 2.05) is 0 Å². The fraction of sp³-hybridized carbons (Fsp3) is 0.278. The van der Waals surface area contributed by atoms with Crippen LogP contribution in [0.2, 0.25) is 0 Å². The minimum atomic E-state index is -4.85. The molecule has 8 heteroatoms. The van der Waals surface area contributed by atoms with E-state index in [0.717, 1.165) is 0 Å². The third-order valence-corrected chi connectivity index (χ3v) is 3.68. The Balaban J connectivity index is 2.34. The van der Waals surface area contributed by atoms with E-state index in [-0.39, 0.29) is 17.4 Å². The van der Waals surface area contributed by atoms with E-state index < -0.39 is 29.1 Å². The molecule has 0 spiro atoms. The Hall–Kier alpha value is -2.77. The molecule has 0 unspecified atom stereocenters. The third-order valence-electron chi connectivity index (χ3n) is 3.68. The van der Waals surface area contributed by atoms with Gasteiger partial charge in [-0.3, -0.25) is 4.79 Å². The lowest BCUT2D eigenvalue weighted by Crippen LogP contribution is -2.17. The standard InChI is InChI=1S/C18H15F4NO3/c1-9(2)12-8-15(10(3)6-16(12)24)23-26-17(25)13-7-11(19)4-5-14(13)18(20,21)22/h4-9H,1-3H3. The first-order chi connectivity index (χ1) is 12.0. The SMILES string of the molecule is CC1=CC(=O)C(C(C)C)=CC1=NOC(=O)c1cc(F)ccc1C(F)(F)F.